The minimum Gasteiger partial charge on any atom is -0.493 e. The number of esters is 1. The Balaban J connectivity index is 1.70. The van der Waals surface area contributed by atoms with Crippen molar-refractivity contribution in [3.63, 3.8) is 0 Å². The van der Waals surface area contributed by atoms with E-state index in [1.54, 1.807) is 12.1 Å². The number of carbonyl (C=O) groups excluding carboxylic acids is 1. The minimum atomic E-state index is -0.374. The Bertz CT molecular complexity index is 904. The van der Waals surface area contributed by atoms with Crippen LogP contribution in [0.4, 0.5) is 0 Å². The van der Waals surface area contributed by atoms with Crippen LogP contribution in [-0.4, -0.2) is 12.6 Å². The zero-order valence-electron chi connectivity index (χ0n) is 17.7. The third-order valence-corrected chi connectivity index (χ3v) is 5.02. The summed E-state index contributed by atoms with van der Waals surface area (Å²) < 4.78 is 11.7. The van der Waals surface area contributed by atoms with Crippen LogP contribution in [0.5, 0.6) is 11.5 Å². The van der Waals surface area contributed by atoms with Gasteiger partial charge in [0, 0.05) is 11.6 Å². The highest BCUT2D eigenvalue weighted by atomic mass is 16.5. The highest BCUT2D eigenvalue weighted by molar-refractivity contribution is 5.92. The fourth-order valence-corrected chi connectivity index (χ4v) is 3.34. The van der Waals surface area contributed by atoms with Gasteiger partial charge < -0.3 is 9.47 Å². The fraction of sp³-hybridized carbons (Fsp3) is 0.296. The van der Waals surface area contributed by atoms with E-state index in [1.165, 1.54) is 32.1 Å². The molecule has 0 saturated carbocycles. The van der Waals surface area contributed by atoms with Crippen molar-refractivity contribution in [3.8, 4) is 22.6 Å². The Labute approximate surface area is 179 Å². The van der Waals surface area contributed by atoms with E-state index in [1.807, 2.05) is 66.7 Å². The van der Waals surface area contributed by atoms with Crippen LogP contribution in [0.25, 0.3) is 11.1 Å². The summed E-state index contributed by atoms with van der Waals surface area (Å²) in [6.45, 7) is 2.90. The number of rotatable bonds is 11. The summed E-state index contributed by atoms with van der Waals surface area (Å²) >= 11 is 0. The zero-order valence-corrected chi connectivity index (χ0v) is 17.7. The third-order valence-electron chi connectivity index (χ3n) is 5.02. The molecule has 0 fully saturated rings. The molecule has 0 bridgehead atoms. The first-order valence-electron chi connectivity index (χ1n) is 10.9. The maximum Gasteiger partial charge on any atom is 0.343 e. The van der Waals surface area contributed by atoms with E-state index in [2.05, 4.69) is 6.92 Å². The lowest BCUT2D eigenvalue weighted by atomic mass is 10.0. The largest absolute Gasteiger partial charge is 0.493 e. The predicted octanol–water partition coefficient (Wildman–Crippen LogP) is 7.31. The standard InChI is InChI=1S/C27H30O3/c1-2-3-4-5-6-13-20-29-24-18-19-25(22-14-9-7-10-15-22)26(21-24)30-27(28)23-16-11-8-12-17-23/h7-12,14-19,21H,2-6,13,20H2,1H3. The van der Waals surface area contributed by atoms with Crippen molar-refractivity contribution in [2.24, 2.45) is 0 Å². The molecule has 0 N–H and O–H groups in total. The van der Waals surface area contributed by atoms with E-state index >= 15 is 0 Å². The molecular weight excluding hydrogens is 372 g/mol. The number of carbonyl (C=O) groups is 1. The lowest BCUT2D eigenvalue weighted by Crippen LogP contribution is -2.09. The number of benzene rings is 3. The smallest absolute Gasteiger partial charge is 0.343 e. The van der Waals surface area contributed by atoms with Crippen LogP contribution in [0.15, 0.2) is 78.9 Å². The van der Waals surface area contributed by atoms with E-state index in [-0.39, 0.29) is 5.97 Å². The molecule has 0 radical (unpaired) electrons. The lowest BCUT2D eigenvalue weighted by Gasteiger charge is -2.13. The maximum absolute atomic E-state index is 12.6. The lowest BCUT2D eigenvalue weighted by molar-refractivity contribution is 0.0735. The molecular formula is C27H30O3. The van der Waals surface area contributed by atoms with Crippen molar-refractivity contribution >= 4 is 5.97 Å². The number of hydrogen-bond acceptors (Lipinski definition) is 3. The van der Waals surface area contributed by atoms with Gasteiger partial charge in [-0.15, -0.1) is 0 Å². The topological polar surface area (TPSA) is 35.5 Å². The molecule has 0 spiro atoms. The zero-order chi connectivity index (χ0) is 21.0. The summed E-state index contributed by atoms with van der Waals surface area (Å²) in [5.74, 6) is 0.857. The Morgan fingerprint density at radius 3 is 2.17 bits per heavy atom. The molecule has 30 heavy (non-hydrogen) atoms. The summed E-state index contributed by atoms with van der Waals surface area (Å²) in [5.41, 5.74) is 2.39. The molecule has 0 unspecified atom stereocenters. The van der Waals surface area contributed by atoms with Crippen molar-refractivity contribution in [2.45, 2.75) is 45.4 Å². The Morgan fingerprint density at radius 1 is 0.767 bits per heavy atom. The average molecular weight is 403 g/mol. The van der Waals surface area contributed by atoms with Gasteiger partial charge in [0.05, 0.1) is 12.2 Å². The second-order valence-corrected chi connectivity index (χ2v) is 7.40. The van der Waals surface area contributed by atoms with Gasteiger partial charge in [0.1, 0.15) is 11.5 Å². The van der Waals surface area contributed by atoms with Crippen molar-refractivity contribution in [1.82, 2.24) is 0 Å². The second kappa shape index (κ2) is 11.8. The average Bonchev–Trinajstić information content (AvgIpc) is 2.80. The molecule has 3 nitrogen and oxygen atoms in total. The summed E-state index contributed by atoms with van der Waals surface area (Å²) in [4.78, 5) is 12.6. The van der Waals surface area contributed by atoms with Crippen LogP contribution >= 0.6 is 0 Å². The molecule has 0 saturated heterocycles. The highest BCUT2D eigenvalue weighted by Gasteiger charge is 2.14. The summed E-state index contributed by atoms with van der Waals surface area (Å²) in [5, 5.41) is 0. The quantitative estimate of drug-likeness (QED) is 0.192. The summed E-state index contributed by atoms with van der Waals surface area (Å²) in [6.07, 6.45) is 7.32. The predicted molar refractivity (Wildman–Crippen MR) is 122 cm³/mol. The van der Waals surface area contributed by atoms with Gasteiger partial charge in [-0.05, 0) is 36.2 Å². The van der Waals surface area contributed by atoms with Crippen LogP contribution in [0.3, 0.4) is 0 Å². The van der Waals surface area contributed by atoms with E-state index in [0.29, 0.717) is 17.9 Å². The number of ether oxygens (including phenoxy) is 2. The molecule has 3 aromatic rings. The van der Waals surface area contributed by atoms with Gasteiger partial charge in [-0.25, -0.2) is 4.79 Å². The van der Waals surface area contributed by atoms with Crippen LogP contribution in [-0.2, 0) is 0 Å². The fourth-order valence-electron chi connectivity index (χ4n) is 3.34. The van der Waals surface area contributed by atoms with Gasteiger partial charge in [0.2, 0.25) is 0 Å². The van der Waals surface area contributed by atoms with E-state index in [9.17, 15) is 4.79 Å². The molecule has 3 heteroatoms. The molecule has 0 heterocycles. The molecule has 0 aromatic heterocycles. The van der Waals surface area contributed by atoms with E-state index in [0.717, 1.165) is 23.3 Å². The molecule has 0 aliphatic rings. The third kappa shape index (κ3) is 6.48. The molecule has 0 atom stereocenters. The van der Waals surface area contributed by atoms with Crippen molar-refractivity contribution < 1.29 is 14.3 Å². The normalized spacial score (nSPS) is 10.6. The SMILES string of the molecule is CCCCCCCCOc1ccc(-c2ccccc2)c(OC(=O)c2ccccc2)c1. The number of hydrogen-bond donors (Lipinski definition) is 0. The van der Waals surface area contributed by atoms with Gasteiger partial charge in [0.15, 0.2) is 0 Å². The van der Waals surface area contributed by atoms with Crippen molar-refractivity contribution in [3.05, 3.63) is 84.4 Å². The van der Waals surface area contributed by atoms with Gasteiger partial charge in [0.25, 0.3) is 0 Å². The molecule has 0 aliphatic carbocycles. The van der Waals surface area contributed by atoms with Crippen LogP contribution < -0.4 is 9.47 Å². The van der Waals surface area contributed by atoms with Gasteiger partial charge >= 0.3 is 5.97 Å². The Kier molecular flexibility index (Phi) is 8.52. The number of unbranched alkanes of at least 4 members (excludes halogenated alkanes) is 5. The van der Waals surface area contributed by atoms with Gasteiger partial charge in [-0.1, -0.05) is 87.6 Å². The first-order valence-corrected chi connectivity index (χ1v) is 10.9. The van der Waals surface area contributed by atoms with Crippen LogP contribution in [0.2, 0.25) is 0 Å². The molecule has 3 aromatic carbocycles. The van der Waals surface area contributed by atoms with Crippen molar-refractivity contribution in [2.75, 3.05) is 6.61 Å². The molecule has 156 valence electrons. The van der Waals surface area contributed by atoms with E-state index < -0.39 is 0 Å². The first kappa shape index (κ1) is 21.6. The summed E-state index contributed by atoms with van der Waals surface area (Å²) in [7, 11) is 0. The Morgan fingerprint density at radius 2 is 1.43 bits per heavy atom. The molecule has 3 rings (SSSR count). The molecule has 0 aliphatic heterocycles. The Hall–Kier alpha value is -3.07. The van der Waals surface area contributed by atoms with Gasteiger partial charge in [-0.2, -0.15) is 0 Å². The highest BCUT2D eigenvalue weighted by Crippen LogP contribution is 2.34. The monoisotopic (exact) mass is 402 g/mol. The minimum absolute atomic E-state index is 0.374. The summed E-state index contributed by atoms with van der Waals surface area (Å²) in [6, 6.07) is 24.7. The molecule has 0 amide bonds. The van der Waals surface area contributed by atoms with Crippen molar-refractivity contribution in [1.29, 1.82) is 0 Å². The second-order valence-electron chi connectivity index (χ2n) is 7.40. The van der Waals surface area contributed by atoms with Crippen LogP contribution in [0, 0.1) is 0 Å². The van der Waals surface area contributed by atoms with E-state index in [4.69, 9.17) is 9.47 Å². The maximum atomic E-state index is 12.6. The van der Waals surface area contributed by atoms with Crippen LogP contribution in [0.1, 0.15) is 55.8 Å². The van der Waals surface area contributed by atoms with Gasteiger partial charge in [-0.3, -0.25) is 0 Å². The first-order chi connectivity index (χ1) is 14.8.